The number of carbonyl (C=O) groups is 2. The van der Waals surface area contributed by atoms with E-state index in [1.807, 2.05) is 45.0 Å². The zero-order valence-electron chi connectivity index (χ0n) is 13.1. The Kier molecular flexibility index (Phi) is 6.21. The first-order valence-electron chi connectivity index (χ1n) is 6.91. The Balaban J connectivity index is 2.43. The Bertz CT molecular complexity index is 491. The Labute approximate surface area is 125 Å². The van der Waals surface area contributed by atoms with Gasteiger partial charge in [-0.05, 0) is 38.3 Å². The lowest BCUT2D eigenvalue weighted by atomic mass is 10.1. The van der Waals surface area contributed by atoms with Gasteiger partial charge in [0.25, 0.3) is 0 Å². The Morgan fingerprint density at radius 3 is 2.48 bits per heavy atom. The molecule has 21 heavy (non-hydrogen) atoms. The number of esters is 1. The lowest BCUT2D eigenvalue weighted by Crippen LogP contribution is -2.33. The maximum atomic E-state index is 11.5. The van der Waals surface area contributed by atoms with E-state index in [1.54, 1.807) is 0 Å². The van der Waals surface area contributed by atoms with Crippen LogP contribution in [0.4, 0.5) is 4.79 Å². The van der Waals surface area contributed by atoms with E-state index in [9.17, 15) is 9.59 Å². The predicted octanol–water partition coefficient (Wildman–Crippen LogP) is 2.47. The zero-order valence-corrected chi connectivity index (χ0v) is 13.1. The first-order valence-corrected chi connectivity index (χ1v) is 6.91. The minimum absolute atomic E-state index is 0.254. The molecule has 116 valence electrons. The molecule has 5 heteroatoms. The number of rotatable bonds is 5. The lowest BCUT2D eigenvalue weighted by Gasteiger charge is -2.19. The highest BCUT2D eigenvalue weighted by atomic mass is 16.6. The van der Waals surface area contributed by atoms with Gasteiger partial charge in [0.05, 0.1) is 13.5 Å². The summed E-state index contributed by atoms with van der Waals surface area (Å²) < 4.78 is 9.80. The van der Waals surface area contributed by atoms with Gasteiger partial charge in [-0.3, -0.25) is 4.79 Å². The number of hydrogen-bond donors (Lipinski definition) is 1. The number of alkyl carbamates (subject to hydrolysis) is 1. The number of carbonyl (C=O) groups excluding carboxylic acids is 2. The molecule has 0 aromatic heterocycles. The van der Waals surface area contributed by atoms with Gasteiger partial charge in [-0.25, -0.2) is 4.79 Å². The standard InChI is InChI=1S/C16H23NO4/c1-16(2,3)21-15(19)17-9-8-12-6-5-7-13(10-12)11-14(18)20-4/h5-7,10H,8-9,11H2,1-4H3,(H,17,19). The van der Waals surface area contributed by atoms with Gasteiger partial charge in [-0.2, -0.15) is 0 Å². The molecule has 0 aliphatic carbocycles. The fraction of sp³-hybridized carbons (Fsp3) is 0.500. The molecular weight excluding hydrogens is 270 g/mol. The molecule has 1 N–H and O–H groups in total. The van der Waals surface area contributed by atoms with Gasteiger partial charge in [0.2, 0.25) is 0 Å². The minimum atomic E-state index is -0.496. The number of ether oxygens (including phenoxy) is 2. The van der Waals surface area contributed by atoms with Gasteiger partial charge >= 0.3 is 12.1 Å². The van der Waals surface area contributed by atoms with Crippen molar-refractivity contribution in [2.75, 3.05) is 13.7 Å². The second-order valence-corrected chi connectivity index (χ2v) is 5.75. The molecule has 5 nitrogen and oxygen atoms in total. The van der Waals surface area contributed by atoms with Crippen LogP contribution in [-0.2, 0) is 27.1 Å². The van der Waals surface area contributed by atoms with Crippen molar-refractivity contribution in [3.05, 3.63) is 35.4 Å². The number of benzene rings is 1. The summed E-state index contributed by atoms with van der Waals surface area (Å²) in [7, 11) is 1.37. The lowest BCUT2D eigenvalue weighted by molar-refractivity contribution is -0.139. The molecule has 0 unspecified atom stereocenters. The molecule has 0 radical (unpaired) electrons. The highest BCUT2D eigenvalue weighted by molar-refractivity contribution is 5.72. The third kappa shape index (κ3) is 7.34. The van der Waals surface area contributed by atoms with Crippen molar-refractivity contribution in [1.82, 2.24) is 5.32 Å². The molecule has 1 amide bonds. The van der Waals surface area contributed by atoms with Crippen molar-refractivity contribution in [2.45, 2.75) is 39.2 Å². The average molecular weight is 293 g/mol. The summed E-state index contributed by atoms with van der Waals surface area (Å²) >= 11 is 0. The fourth-order valence-corrected chi connectivity index (χ4v) is 1.76. The normalized spacial score (nSPS) is 10.9. The average Bonchev–Trinajstić information content (AvgIpc) is 2.37. The van der Waals surface area contributed by atoms with Crippen LogP contribution in [-0.4, -0.2) is 31.3 Å². The zero-order chi connectivity index (χ0) is 15.9. The SMILES string of the molecule is COC(=O)Cc1cccc(CCNC(=O)OC(C)(C)C)c1. The monoisotopic (exact) mass is 293 g/mol. The Morgan fingerprint density at radius 2 is 1.86 bits per heavy atom. The summed E-state index contributed by atoms with van der Waals surface area (Å²) in [6.45, 7) is 5.95. The van der Waals surface area contributed by atoms with Crippen molar-refractivity contribution in [3.8, 4) is 0 Å². The predicted molar refractivity (Wildman–Crippen MR) is 80.1 cm³/mol. The van der Waals surface area contributed by atoms with E-state index in [0.29, 0.717) is 13.0 Å². The summed E-state index contributed by atoms with van der Waals surface area (Å²) in [5.74, 6) is -0.265. The first-order chi connectivity index (χ1) is 9.80. The van der Waals surface area contributed by atoms with Crippen LogP contribution >= 0.6 is 0 Å². The second-order valence-electron chi connectivity index (χ2n) is 5.75. The number of nitrogens with one attached hydrogen (secondary N) is 1. The molecule has 1 aromatic rings. The van der Waals surface area contributed by atoms with Crippen LogP contribution in [0, 0.1) is 0 Å². The van der Waals surface area contributed by atoms with E-state index < -0.39 is 11.7 Å². The van der Waals surface area contributed by atoms with Gasteiger partial charge in [0, 0.05) is 6.54 Å². The smallest absolute Gasteiger partial charge is 0.407 e. The van der Waals surface area contributed by atoms with E-state index >= 15 is 0 Å². The molecule has 0 bridgehead atoms. The number of hydrogen-bond acceptors (Lipinski definition) is 4. The van der Waals surface area contributed by atoms with Crippen LogP contribution in [0.1, 0.15) is 31.9 Å². The van der Waals surface area contributed by atoms with E-state index in [4.69, 9.17) is 4.74 Å². The molecule has 0 fully saturated rings. The topological polar surface area (TPSA) is 64.6 Å². The van der Waals surface area contributed by atoms with E-state index in [0.717, 1.165) is 11.1 Å². The third-order valence-corrected chi connectivity index (χ3v) is 2.65. The molecule has 0 spiro atoms. The summed E-state index contributed by atoms with van der Waals surface area (Å²) in [5, 5.41) is 2.71. The van der Waals surface area contributed by atoms with Gasteiger partial charge in [0.15, 0.2) is 0 Å². The number of amides is 1. The molecule has 0 heterocycles. The molecule has 0 aliphatic rings. The van der Waals surface area contributed by atoms with Gasteiger partial charge < -0.3 is 14.8 Å². The van der Waals surface area contributed by atoms with Gasteiger partial charge in [0.1, 0.15) is 5.60 Å². The van der Waals surface area contributed by atoms with Crippen molar-refractivity contribution in [1.29, 1.82) is 0 Å². The van der Waals surface area contributed by atoms with E-state index in [2.05, 4.69) is 10.1 Å². The van der Waals surface area contributed by atoms with Gasteiger partial charge in [-0.1, -0.05) is 24.3 Å². The third-order valence-electron chi connectivity index (χ3n) is 2.65. The summed E-state index contributed by atoms with van der Waals surface area (Å²) in [6, 6.07) is 7.66. The van der Waals surface area contributed by atoms with Crippen molar-refractivity contribution in [2.24, 2.45) is 0 Å². The molecule has 1 rings (SSSR count). The van der Waals surface area contributed by atoms with Gasteiger partial charge in [-0.15, -0.1) is 0 Å². The summed E-state index contributed by atoms with van der Waals surface area (Å²) in [5.41, 5.74) is 1.45. The molecule has 0 aliphatic heterocycles. The van der Waals surface area contributed by atoms with Crippen molar-refractivity contribution < 1.29 is 19.1 Å². The second kappa shape index (κ2) is 7.67. The molecule has 0 atom stereocenters. The molecule has 0 saturated heterocycles. The molecule has 0 saturated carbocycles. The minimum Gasteiger partial charge on any atom is -0.469 e. The van der Waals surface area contributed by atoms with Crippen LogP contribution in [0.15, 0.2) is 24.3 Å². The maximum absolute atomic E-state index is 11.5. The summed E-state index contributed by atoms with van der Waals surface area (Å²) in [4.78, 5) is 22.7. The van der Waals surface area contributed by atoms with Crippen LogP contribution in [0.3, 0.4) is 0 Å². The Hall–Kier alpha value is -2.04. The Morgan fingerprint density at radius 1 is 1.19 bits per heavy atom. The fourth-order valence-electron chi connectivity index (χ4n) is 1.76. The largest absolute Gasteiger partial charge is 0.469 e. The van der Waals surface area contributed by atoms with E-state index in [-0.39, 0.29) is 12.4 Å². The molecular formula is C16H23NO4. The van der Waals surface area contributed by atoms with Crippen LogP contribution in [0.25, 0.3) is 0 Å². The van der Waals surface area contributed by atoms with E-state index in [1.165, 1.54) is 7.11 Å². The van der Waals surface area contributed by atoms with Crippen molar-refractivity contribution in [3.63, 3.8) is 0 Å². The molecule has 1 aromatic carbocycles. The quantitative estimate of drug-likeness (QED) is 0.847. The van der Waals surface area contributed by atoms with Crippen molar-refractivity contribution >= 4 is 12.1 Å². The highest BCUT2D eigenvalue weighted by Crippen LogP contribution is 2.08. The first kappa shape index (κ1) is 17.0. The van der Waals surface area contributed by atoms with Crippen LogP contribution < -0.4 is 5.32 Å². The summed E-state index contributed by atoms with van der Waals surface area (Å²) in [6.07, 6.45) is 0.506. The highest BCUT2D eigenvalue weighted by Gasteiger charge is 2.15. The number of methoxy groups -OCH3 is 1. The maximum Gasteiger partial charge on any atom is 0.407 e. The van der Waals surface area contributed by atoms with Crippen LogP contribution in [0.5, 0.6) is 0 Å². The van der Waals surface area contributed by atoms with Crippen LogP contribution in [0.2, 0.25) is 0 Å².